The molecule has 0 fully saturated rings. The van der Waals surface area contributed by atoms with Crippen LogP contribution in [0.25, 0.3) is 0 Å². The molecule has 2 N–H and O–H groups in total. The Kier molecular flexibility index (Phi) is 5.01. The number of ether oxygens (including phenoxy) is 1. The van der Waals surface area contributed by atoms with Crippen LogP contribution in [0.5, 0.6) is 5.75 Å². The number of nitrogens with two attached hydrogens (primary N) is 1. The molecule has 1 heterocycles. The van der Waals surface area contributed by atoms with Crippen molar-refractivity contribution in [1.29, 1.82) is 0 Å². The molecule has 1 aromatic carbocycles. The molecule has 0 saturated heterocycles. The van der Waals surface area contributed by atoms with E-state index in [1.807, 2.05) is 24.4 Å². The zero-order chi connectivity index (χ0) is 14.4. The van der Waals surface area contributed by atoms with E-state index in [2.05, 4.69) is 0 Å². The molecule has 0 aliphatic rings. The van der Waals surface area contributed by atoms with Crippen molar-refractivity contribution in [2.75, 3.05) is 18.9 Å². The molecule has 1 aromatic heterocycles. The minimum absolute atomic E-state index is 0.0160. The number of nitrogen functional groups attached to an aromatic ring is 1. The first-order valence-corrected chi connectivity index (χ1v) is 7.35. The Hall–Kier alpha value is -2.01. The van der Waals surface area contributed by atoms with Gasteiger partial charge >= 0.3 is 0 Å². The lowest BCUT2D eigenvalue weighted by Gasteiger charge is -2.20. The van der Waals surface area contributed by atoms with E-state index in [1.54, 1.807) is 40.5 Å². The van der Waals surface area contributed by atoms with Gasteiger partial charge in [0.1, 0.15) is 5.75 Å². The van der Waals surface area contributed by atoms with Crippen LogP contribution >= 0.6 is 11.3 Å². The fourth-order valence-electron chi connectivity index (χ4n) is 1.77. The summed E-state index contributed by atoms with van der Waals surface area (Å²) in [6.07, 6.45) is 0. The molecular formula is C15H18N2O2S. The van der Waals surface area contributed by atoms with Crippen LogP contribution in [0.2, 0.25) is 0 Å². The number of hydrogen-bond donors (Lipinski definition) is 1. The maximum absolute atomic E-state index is 12.1. The topological polar surface area (TPSA) is 55.6 Å². The Labute approximate surface area is 122 Å². The van der Waals surface area contributed by atoms with E-state index in [9.17, 15) is 4.79 Å². The number of carbonyl (C=O) groups excluding carboxylic acids is 1. The van der Waals surface area contributed by atoms with Crippen molar-refractivity contribution < 1.29 is 9.53 Å². The third-order valence-corrected chi connectivity index (χ3v) is 3.76. The minimum atomic E-state index is -0.0160. The van der Waals surface area contributed by atoms with Crippen LogP contribution in [0.4, 0.5) is 5.69 Å². The van der Waals surface area contributed by atoms with Crippen molar-refractivity contribution in [2.24, 2.45) is 0 Å². The van der Waals surface area contributed by atoms with Crippen molar-refractivity contribution in [1.82, 2.24) is 4.90 Å². The number of amides is 1. The van der Waals surface area contributed by atoms with Gasteiger partial charge in [0.2, 0.25) is 0 Å². The Morgan fingerprint density at radius 1 is 1.30 bits per heavy atom. The van der Waals surface area contributed by atoms with Gasteiger partial charge in [-0.1, -0.05) is 6.07 Å². The van der Waals surface area contributed by atoms with Crippen LogP contribution in [0.1, 0.15) is 11.8 Å². The number of carbonyl (C=O) groups is 1. The summed E-state index contributed by atoms with van der Waals surface area (Å²) >= 11 is 1.65. The predicted molar refractivity (Wildman–Crippen MR) is 81.8 cm³/mol. The van der Waals surface area contributed by atoms with Crippen LogP contribution in [-0.4, -0.2) is 24.0 Å². The second kappa shape index (κ2) is 6.96. The van der Waals surface area contributed by atoms with Crippen LogP contribution in [0.15, 0.2) is 41.8 Å². The maximum atomic E-state index is 12.1. The third-order valence-electron chi connectivity index (χ3n) is 2.90. The minimum Gasteiger partial charge on any atom is -0.484 e. The van der Waals surface area contributed by atoms with E-state index in [-0.39, 0.29) is 12.5 Å². The largest absolute Gasteiger partial charge is 0.484 e. The zero-order valence-corrected chi connectivity index (χ0v) is 12.2. The molecule has 0 atom stereocenters. The summed E-state index contributed by atoms with van der Waals surface area (Å²) in [7, 11) is 0. The van der Waals surface area contributed by atoms with Crippen molar-refractivity contribution in [3.05, 3.63) is 46.7 Å². The van der Waals surface area contributed by atoms with E-state index in [0.29, 0.717) is 24.5 Å². The molecule has 106 valence electrons. The van der Waals surface area contributed by atoms with Gasteiger partial charge in [-0.25, -0.2) is 0 Å². The van der Waals surface area contributed by atoms with Crippen molar-refractivity contribution >= 4 is 22.9 Å². The molecule has 0 bridgehead atoms. The number of thiophene rings is 1. The highest BCUT2D eigenvalue weighted by Crippen LogP contribution is 2.14. The average Bonchev–Trinajstić information content (AvgIpc) is 2.97. The molecule has 0 unspecified atom stereocenters. The van der Waals surface area contributed by atoms with Crippen LogP contribution in [0.3, 0.4) is 0 Å². The molecule has 1 amide bonds. The summed E-state index contributed by atoms with van der Waals surface area (Å²) < 4.78 is 5.48. The second-order valence-corrected chi connectivity index (χ2v) is 5.38. The Bertz CT molecular complexity index is 538. The highest BCUT2D eigenvalue weighted by molar-refractivity contribution is 7.09. The summed E-state index contributed by atoms with van der Waals surface area (Å²) in [5.41, 5.74) is 6.28. The Balaban J connectivity index is 1.87. The summed E-state index contributed by atoms with van der Waals surface area (Å²) in [4.78, 5) is 15.1. The van der Waals surface area contributed by atoms with E-state index in [1.165, 1.54) is 4.88 Å². The normalized spacial score (nSPS) is 10.2. The van der Waals surface area contributed by atoms with E-state index < -0.39 is 0 Å². The molecule has 2 aromatic rings. The predicted octanol–water partition coefficient (Wildman–Crippen LogP) is 2.76. The molecular weight excluding hydrogens is 272 g/mol. The first kappa shape index (κ1) is 14.4. The van der Waals surface area contributed by atoms with Crippen molar-refractivity contribution in [3.8, 4) is 5.75 Å². The second-order valence-electron chi connectivity index (χ2n) is 4.34. The van der Waals surface area contributed by atoms with Gasteiger partial charge in [-0.05, 0) is 42.6 Å². The molecule has 5 heteroatoms. The molecule has 0 radical (unpaired) electrons. The number of nitrogens with zero attached hydrogens (tertiary/aromatic N) is 1. The number of anilines is 1. The average molecular weight is 290 g/mol. The molecule has 0 spiro atoms. The number of hydrogen-bond acceptors (Lipinski definition) is 4. The lowest BCUT2D eigenvalue weighted by Crippen LogP contribution is -2.34. The summed E-state index contributed by atoms with van der Waals surface area (Å²) in [6.45, 7) is 3.32. The summed E-state index contributed by atoms with van der Waals surface area (Å²) in [5.74, 6) is 0.637. The number of benzene rings is 1. The Morgan fingerprint density at radius 2 is 2.05 bits per heavy atom. The molecule has 20 heavy (non-hydrogen) atoms. The third kappa shape index (κ3) is 3.99. The quantitative estimate of drug-likeness (QED) is 0.832. The van der Waals surface area contributed by atoms with E-state index >= 15 is 0 Å². The van der Waals surface area contributed by atoms with Gasteiger partial charge in [-0.15, -0.1) is 11.3 Å². The zero-order valence-electron chi connectivity index (χ0n) is 11.4. The fourth-order valence-corrected chi connectivity index (χ4v) is 2.49. The summed E-state index contributed by atoms with van der Waals surface area (Å²) in [6, 6.07) is 11.0. The summed E-state index contributed by atoms with van der Waals surface area (Å²) in [5, 5.41) is 2.01. The van der Waals surface area contributed by atoms with Gasteiger partial charge in [-0.3, -0.25) is 4.79 Å². The monoisotopic (exact) mass is 290 g/mol. The van der Waals surface area contributed by atoms with Crippen LogP contribution in [-0.2, 0) is 11.3 Å². The van der Waals surface area contributed by atoms with Gasteiger partial charge in [0.05, 0.1) is 6.54 Å². The van der Waals surface area contributed by atoms with E-state index in [0.717, 1.165) is 0 Å². The van der Waals surface area contributed by atoms with Crippen molar-refractivity contribution in [2.45, 2.75) is 13.5 Å². The van der Waals surface area contributed by atoms with Gasteiger partial charge in [-0.2, -0.15) is 0 Å². The number of rotatable bonds is 6. The molecule has 0 saturated carbocycles. The SMILES string of the molecule is CCN(Cc1cccs1)C(=O)COc1ccc(N)cc1. The molecule has 0 aliphatic heterocycles. The van der Waals surface area contributed by atoms with Crippen LogP contribution < -0.4 is 10.5 Å². The first-order chi connectivity index (χ1) is 9.69. The Morgan fingerprint density at radius 3 is 2.65 bits per heavy atom. The smallest absolute Gasteiger partial charge is 0.260 e. The fraction of sp³-hybridized carbons (Fsp3) is 0.267. The lowest BCUT2D eigenvalue weighted by molar-refractivity contribution is -0.133. The van der Waals surface area contributed by atoms with E-state index in [4.69, 9.17) is 10.5 Å². The van der Waals surface area contributed by atoms with Gasteiger partial charge in [0, 0.05) is 17.1 Å². The first-order valence-electron chi connectivity index (χ1n) is 6.47. The lowest BCUT2D eigenvalue weighted by atomic mass is 10.3. The molecule has 2 rings (SSSR count). The highest BCUT2D eigenvalue weighted by atomic mass is 32.1. The number of likely N-dealkylation sites (N-methyl/N-ethyl adjacent to an activating group) is 1. The van der Waals surface area contributed by atoms with Gasteiger partial charge in [0.25, 0.3) is 5.91 Å². The maximum Gasteiger partial charge on any atom is 0.260 e. The van der Waals surface area contributed by atoms with Crippen LogP contribution in [0, 0.1) is 0 Å². The van der Waals surface area contributed by atoms with Crippen molar-refractivity contribution in [3.63, 3.8) is 0 Å². The molecule has 0 aliphatic carbocycles. The standard InChI is InChI=1S/C15H18N2O2S/c1-2-17(10-14-4-3-9-20-14)15(18)11-19-13-7-5-12(16)6-8-13/h3-9H,2,10-11,16H2,1H3. The highest BCUT2D eigenvalue weighted by Gasteiger charge is 2.13. The molecule has 4 nitrogen and oxygen atoms in total. The van der Waals surface area contributed by atoms with Gasteiger partial charge < -0.3 is 15.4 Å². The van der Waals surface area contributed by atoms with Gasteiger partial charge in [0.15, 0.2) is 6.61 Å².